The molecule has 0 unspecified atom stereocenters. The molecule has 0 aliphatic rings. The van der Waals surface area contributed by atoms with Crippen molar-refractivity contribution < 1.29 is 9.53 Å². The van der Waals surface area contributed by atoms with Crippen molar-refractivity contribution in [2.45, 2.75) is 9.88 Å². The molecule has 0 spiro atoms. The molecule has 13 heavy (non-hydrogen) atoms. The summed E-state index contributed by atoms with van der Waals surface area (Å²) in [7, 11) is 1.37. The molecule has 0 amide bonds. The molecule has 0 aliphatic carbocycles. The van der Waals surface area contributed by atoms with Crippen molar-refractivity contribution in [3.63, 3.8) is 0 Å². The normalized spacial score (nSPS) is 8.23. The molecule has 0 bridgehead atoms. The van der Waals surface area contributed by atoms with Gasteiger partial charge in [-0.3, -0.25) is 0 Å². The summed E-state index contributed by atoms with van der Waals surface area (Å²) in [6, 6.07) is 8.88. The van der Waals surface area contributed by atoms with Gasteiger partial charge in [0, 0.05) is 0 Å². The van der Waals surface area contributed by atoms with Gasteiger partial charge in [-0.2, -0.15) is 0 Å². The summed E-state index contributed by atoms with van der Waals surface area (Å²) in [6.45, 7) is 0. The van der Waals surface area contributed by atoms with Crippen LogP contribution in [0, 0.1) is 0 Å². The fourth-order valence-corrected chi connectivity index (χ4v) is 0.692. The number of methoxy groups -OCH3 is 1. The van der Waals surface area contributed by atoms with Crippen LogP contribution in [0.1, 0.15) is 10.4 Å². The third-order valence-electron chi connectivity index (χ3n) is 1.19. The van der Waals surface area contributed by atoms with Gasteiger partial charge in [0.1, 0.15) is 0 Å². The van der Waals surface area contributed by atoms with Gasteiger partial charge in [-0.1, -0.05) is 18.2 Å². The predicted molar refractivity (Wildman–Crippen MR) is 55.3 cm³/mol. The monoisotopic (exact) mass is 286 g/mol. The third kappa shape index (κ3) is 5.69. The molecule has 0 aromatic heterocycles. The first-order valence-corrected chi connectivity index (χ1v) is 9.69. The Morgan fingerprint density at radius 1 is 1.23 bits per heavy atom. The van der Waals surface area contributed by atoms with Crippen LogP contribution in [0.5, 0.6) is 0 Å². The summed E-state index contributed by atoms with van der Waals surface area (Å²) >= 11 is 0.230. The Kier molecular flexibility index (Phi) is 7.78. The summed E-state index contributed by atoms with van der Waals surface area (Å²) in [6.07, 6.45) is 0. The van der Waals surface area contributed by atoms with E-state index in [0.717, 1.165) is 0 Å². The number of ether oxygens (including phenoxy) is 1. The van der Waals surface area contributed by atoms with Gasteiger partial charge in [0.2, 0.25) is 0 Å². The Morgan fingerprint density at radius 2 is 1.69 bits per heavy atom. The zero-order valence-corrected chi connectivity index (χ0v) is 11.1. The van der Waals surface area contributed by atoms with Crippen molar-refractivity contribution in [1.82, 2.24) is 0 Å². The maximum absolute atomic E-state index is 10.8. The van der Waals surface area contributed by atoms with Crippen LogP contribution in [0.3, 0.4) is 0 Å². The minimum atomic E-state index is -0.291. The standard InChI is InChI=1S/C8H8O2.2CH3.Sn/c1-10-8(9)7-5-3-2-4-6-7;;;/h2-6H,1H3;2*1H3;. The number of hydrogen-bond donors (Lipinski definition) is 0. The Hall–Kier alpha value is -0.511. The first-order chi connectivity index (χ1) is 6.26. The van der Waals surface area contributed by atoms with Crippen molar-refractivity contribution >= 4 is 27.1 Å². The molecule has 0 atom stereocenters. The zero-order valence-electron chi connectivity index (χ0n) is 8.20. The van der Waals surface area contributed by atoms with E-state index in [0.29, 0.717) is 5.56 Å². The zero-order chi connectivity index (χ0) is 10.1. The van der Waals surface area contributed by atoms with E-state index in [1.807, 2.05) is 6.07 Å². The summed E-state index contributed by atoms with van der Waals surface area (Å²) in [5.74, 6) is -0.291. The van der Waals surface area contributed by atoms with E-state index in [1.165, 1.54) is 7.11 Å². The van der Waals surface area contributed by atoms with Crippen molar-refractivity contribution in [3.05, 3.63) is 35.9 Å². The number of hydrogen-bond acceptors (Lipinski definition) is 2. The average molecular weight is 285 g/mol. The van der Waals surface area contributed by atoms with Crippen LogP contribution in [0.15, 0.2) is 30.3 Å². The molecule has 1 rings (SSSR count). The van der Waals surface area contributed by atoms with Crippen molar-refractivity contribution in [3.8, 4) is 0 Å². The van der Waals surface area contributed by atoms with Crippen molar-refractivity contribution in [1.29, 1.82) is 0 Å². The molecule has 0 N–H and O–H groups in total. The quantitative estimate of drug-likeness (QED) is 0.584. The Balaban J connectivity index is 0.000000424. The number of esters is 1. The van der Waals surface area contributed by atoms with Crippen molar-refractivity contribution in [2.75, 3.05) is 7.11 Å². The first kappa shape index (κ1) is 12.5. The van der Waals surface area contributed by atoms with E-state index in [1.54, 1.807) is 24.3 Å². The van der Waals surface area contributed by atoms with Crippen LogP contribution in [0.2, 0.25) is 9.88 Å². The fourth-order valence-electron chi connectivity index (χ4n) is 0.692. The molecule has 0 fully saturated rings. The van der Waals surface area contributed by atoms with E-state index < -0.39 is 0 Å². The third-order valence-corrected chi connectivity index (χ3v) is 1.19. The molecular weight excluding hydrogens is 271 g/mol. The summed E-state index contributed by atoms with van der Waals surface area (Å²) < 4.78 is 4.50. The van der Waals surface area contributed by atoms with Gasteiger partial charge in [0.25, 0.3) is 0 Å². The molecule has 0 saturated carbocycles. The number of benzene rings is 1. The van der Waals surface area contributed by atoms with E-state index >= 15 is 0 Å². The number of carbonyl (C=O) groups is 1. The molecule has 0 aliphatic heterocycles. The van der Waals surface area contributed by atoms with Gasteiger partial charge in [-0.15, -0.1) is 0 Å². The molecule has 1 aromatic carbocycles. The van der Waals surface area contributed by atoms with Gasteiger partial charge >= 0.3 is 37.0 Å². The minimum absolute atomic E-state index is 0.230. The summed E-state index contributed by atoms with van der Waals surface area (Å²) in [5.41, 5.74) is 0.588. The second kappa shape index (κ2) is 8.10. The van der Waals surface area contributed by atoms with Gasteiger partial charge in [0.05, 0.1) is 12.7 Å². The van der Waals surface area contributed by atoms with Gasteiger partial charge < -0.3 is 4.74 Å². The second-order valence-corrected chi connectivity index (χ2v) is 5.21. The Labute approximate surface area is 89.5 Å². The van der Waals surface area contributed by atoms with Gasteiger partial charge in [0.15, 0.2) is 0 Å². The van der Waals surface area contributed by atoms with E-state index in [4.69, 9.17) is 0 Å². The Morgan fingerprint density at radius 3 is 2.08 bits per heavy atom. The van der Waals surface area contributed by atoms with E-state index in [2.05, 4.69) is 14.6 Å². The number of rotatable bonds is 1. The molecule has 0 saturated heterocycles. The van der Waals surface area contributed by atoms with Crippen LogP contribution in [0.25, 0.3) is 0 Å². The molecule has 3 heteroatoms. The van der Waals surface area contributed by atoms with Gasteiger partial charge in [-0.25, -0.2) is 4.79 Å². The Bertz CT molecular complexity index is 234. The van der Waals surface area contributed by atoms with Gasteiger partial charge in [-0.05, 0) is 12.1 Å². The predicted octanol–water partition coefficient (Wildman–Crippen LogP) is 2.26. The van der Waals surface area contributed by atoms with Crippen LogP contribution in [-0.2, 0) is 4.74 Å². The summed E-state index contributed by atoms with van der Waals surface area (Å²) in [4.78, 5) is 15.4. The maximum atomic E-state index is 10.8. The topological polar surface area (TPSA) is 26.3 Å². The molecule has 70 valence electrons. The SMILES string of the molecule is COC(=O)c1ccccc1.[CH3][Sn][CH3]. The van der Waals surface area contributed by atoms with Crippen LogP contribution in [-0.4, -0.2) is 34.2 Å². The average Bonchev–Trinajstić information content (AvgIpc) is 2.19. The van der Waals surface area contributed by atoms with Crippen LogP contribution < -0.4 is 0 Å². The van der Waals surface area contributed by atoms with Crippen LogP contribution >= 0.6 is 0 Å². The summed E-state index contributed by atoms with van der Waals surface area (Å²) in [5, 5.41) is 0. The van der Waals surface area contributed by atoms with E-state index in [9.17, 15) is 4.79 Å². The molecule has 2 radical (unpaired) electrons. The van der Waals surface area contributed by atoms with Crippen LogP contribution in [0.4, 0.5) is 0 Å². The fraction of sp³-hybridized carbons (Fsp3) is 0.300. The second-order valence-electron chi connectivity index (χ2n) is 2.36. The van der Waals surface area contributed by atoms with Crippen molar-refractivity contribution in [2.24, 2.45) is 0 Å². The molecule has 2 nitrogen and oxygen atoms in total. The first-order valence-electron chi connectivity index (χ1n) is 3.98. The molecule has 0 heterocycles. The molecule has 1 aromatic rings. The molecular formula is C10H14O2Sn. The number of carbonyl (C=O) groups excluding carboxylic acids is 1. The van der Waals surface area contributed by atoms with E-state index in [-0.39, 0.29) is 27.1 Å².